The quantitative estimate of drug-likeness (QED) is 0.623. The van der Waals surface area contributed by atoms with Crippen molar-refractivity contribution in [3.8, 4) is 28.3 Å². The van der Waals surface area contributed by atoms with E-state index in [2.05, 4.69) is 20.4 Å². The number of hydrogen-bond donors (Lipinski definition) is 3. The summed E-state index contributed by atoms with van der Waals surface area (Å²) in [6.45, 7) is 3.29. The zero-order valence-corrected chi connectivity index (χ0v) is 15.6. The Morgan fingerprint density at radius 2 is 1.93 bits per heavy atom. The summed E-state index contributed by atoms with van der Waals surface area (Å²) in [5, 5.41) is 10.4. The van der Waals surface area contributed by atoms with Crippen LogP contribution >= 0.6 is 0 Å². The number of aromatic nitrogens is 3. The summed E-state index contributed by atoms with van der Waals surface area (Å²) in [5.41, 5.74) is 8.77. The maximum Gasteiger partial charge on any atom is 0.254 e. The van der Waals surface area contributed by atoms with E-state index in [-0.39, 0.29) is 5.56 Å². The molecule has 0 radical (unpaired) electrons. The fourth-order valence-electron chi connectivity index (χ4n) is 3.53. The predicted octanol–water partition coefficient (Wildman–Crippen LogP) is 1.66. The Kier molecular flexibility index (Phi) is 4.94. The topological polar surface area (TPSA) is 109 Å². The summed E-state index contributed by atoms with van der Waals surface area (Å²) < 4.78 is 5.72. The van der Waals surface area contributed by atoms with E-state index < -0.39 is 5.91 Å². The fourth-order valence-corrected chi connectivity index (χ4v) is 3.53. The van der Waals surface area contributed by atoms with Crippen LogP contribution in [0.15, 0.2) is 42.6 Å². The molecule has 4 rings (SSSR count). The summed E-state index contributed by atoms with van der Waals surface area (Å²) in [6, 6.07) is 11.4. The lowest BCUT2D eigenvalue weighted by Gasteiger charge is -2.31. The van der Waals surface area contributed by atoms with Gasteiger partial charge in [-0.3, -0.25) is 9.89 Å². The van der Waals surface area contributed by atoms with E-state index in [4.69, 9.17) is 15.5 Å². The number of piperazine rings is 1. The number of nitrogens with one attached hydrogen (secondary N) is 2. The van der Waals surface area contributed by atoms with Crippen LogP contribution in [0, 0.1) is 0 Å². The second kappa shape index (κ2) is 7.69. The molecule has 3 heterocycles. The molecule has 1 aromatic carbocycles. The van der Waals surface area contributed by atoms with Gasteiger partial charge in [0, 0.05) is 37.9 Å². The van der Waals surface area contributed by atoms with Crippen LogP contribution in [0.25, 0.3) is 22.5 Å². The zero-order valence-electron chi connectivity index (χ0n) is 15.6. The number of amides is 1. The Hall–Kier alpha value is -3.39. The summed E-state index contributed by atoms with van der Waals surface area (Å²) in [4.78, 5) is 19.5. The Labute approximate surface area is 162 Å². The van der Waals surface area contributed by atoms with Crippen molar-refractivity contribution >= 4 is 11.7 Å². The number of anilines is 1. The summed E-state index contributed by atoms with van der Waals surface area (Å²) in [5.74, 6) is 0.557. The molecule has 1 aliphatic rings. The summed E-state index contributed by atoms with van der Waals surface area (Å²) >= 11 is 0. The molecule has 0 bridgehead atoms. The Balaban J connectivity index is 2.04. The van der Waals surface area contributed by atoms with Crippen LogP contribution in [0.3, 0.4) is 0 Å². The highest BCUT2D eigenvalue weighted by atomic mass is 16.5. The molecule has 4 N–H and O–H groups in total. The van der Waals surface area contributed by atoms with Gasteiger partial charge in [-0.05, 0) is 6.07 Å². The molecular weight excluding hydrogens is 356 g/mol. The first-order chi connectivity index (χ1) is 13.7. The lowest BCUT2D eigenvalue weighted by atomic mass is 9.99. The van der Waals surface area contributed by atoms with E-state index in [9.17, 15) is 4.79 Å². The van der Waals surface area contributed by atoms with Gasteiger partial charge in [0.05, 0.1) is 24.1 Å². The van der Waals surface area contributed by atoms with Crippen LogP contribution in [0.1, 0.15) is 10.4 Å². The average molecular weight is 378 g/mol. The van der Waals surface area contributed by atoms with Crippen LogP contribution < -0.4 is 20.7 Å². The smallest absolute Gasteiger partial charge is 0.254 e. The van der Waals surface area contributed by atoms with Crippen molar-refractivity contribution in [1.82, 2.24) is 20.5 Å². The monoisotopic (exact) mass is 378 g/mol. The fraction of sp³-hybridized carbons (Fsp3) is 0.250. The second-order valence-corrected chi connectivity index (χ2v) is 6.50. The molecule has 0 unspecified atom stereocenters. The van der Waals surface area contributed by atoms with Gasteiger partial charge in [0.15, 0.2) is 0 Å². The van der Waals surface area contributed by atoms with Crippen molar-refractivity contribution < 1.29 is 9.53 Å². The number of hydrogen-bond acceptors (Lipinski definition) is 6. The largest absolute Gasteiger partial charge is 0.495 e. The molecule has 0 atom stereocenters. The predicted molar refractivity (Wildman–Crippen MR) is 107 cm³/mol. The minimum absolute atomic E-state index is 0.261. The molecule has 1 saturated heterocycles. The normalized spacial score (nSPS) is 14.1. The minimum atomic E-state index is -0.587. The molecule has 1 fully saturated rings. The van der Waals surface area contributed by atoms with E-state index >= 15 is 0 Å². The molecule has 0 aliphatic carbocycles. The number of nitrogens with two attached hydrogens (primary N) is 1. The highest BCUT2D eigenvalue weighted by molar-refractivity contribution is 6.05. The van der Waals surface area contributed by atoms with Gasteiger partial charge in [-0.1, -0.05) is 30.3 Å². The Bertz CT molecular complexity index is 966. The lowest BCUT2D eigenvalue weighted by Crippen LogP contribution is -2.44. The highest BCUT2D eigenvalue weighted by Gasteiger charge is 2.29. The van der Waals surface area contributed by atoms with E-state index in [0.717, 1.165) is 43.3 Å². The number of primary amides is 1. The van der Waals surface area contributed by atoms with Gasteiger partial charge in [-0.2, -0.15) is 5.10 Å². The van der Waals surface area contributed by atoms with E-state index in [1.165, 1.54) is 7.11 Å². The van der Waals surface area contributed by atoms with Gasteiger partial charge in [-0.15, -0.1) is 0 Å². The molecule has 8 heteroatoms. The van der Waals surface area contributed by atoms with E-state index in [1.54, 1.807) is 6.20 Å². The minimum Gasteiger partial charge on any atom is -0.495 e. The third kappa shape index (κ3) is 3.18. The van der Waals surface area contributed by atoms with Crippen LogP contribution in [0.5, 0.6) is 5.75 Å². The van der Waals surface area contributed by atoms with Crippen molar-refractivity contribution in [2.45, 2.75) is 0 Å². The van der Waals surface area contributed by atoms with Gasteiger partial charge in [0.1, 0.15) is 17.1 Å². The van der Waals surface area contributed by atoms with Crippen molar-refractivity contribution in [3.05, 3.63) is 48.2 Å². The van der Waals surface area contributed by atoms with Crippen LogP contribution in [-0.2, 0) is 0 Å². The van der Waals surface area contributed by atoms with Gasteiger partial charge >= 0.3 is 0 Å². The third-order valence-corrected chi connectivity index (χ3v) is 4.82. The Morgan fingerprint density at radius 3 is 2.54 bits per heavy atom. The van der Waals surface area contributed by atoms with E-state index in [1.807, 2.05) is 36.4 Å². The second-order valence-electron chi connectivity index (χ2n) is 6.50. The van der Waals surface area contributed by atoms with Gasteiger partial charge in [0.2, 0.25) is 0 Å². The van der Waals surface area contributed by atoms with Crippen LogP contribution in [-0.4, -0.2) is 54.4 Å². The van der Waals surface area contributed by atoms with E-state index in [0.29, 0.717) is 17.0 Å². The molecular formula is C20H22N6O2. The number of methoxy groups -OCH3 is 1. The molecule has 144 valence electrons. The first kappa shape index (κ1) is 18.0. The molecule has 3 aromatic rings. The van der Waals surface area contributed by atoms with Gasteiger partial charge in [-0.25, -0.2) is 4.98 Å². The van der Waals surface area contributed by atoms with Crippen molar-refractivity contribution in [2.75, 3.05) is 38.2 Å². The van der Waals surface area contributed by atoms with Gasteiger partial charge in [0.25, 0.3) is 5.91 Å². The third-order valence-electron chi connectivity index (χ3n) is 4.82. The molecule has 28 heavy (non-hydrogen) atoms. The highest BCUT2D eigenvalue weighted by Crippen LogP contribution is 2.43. The molecule has 1 amide bonds. The first-order valence-electron chi connectivity index (χ1n) is 9.13. The number of rotatable bonds is 5. The summed E-state index contributed by atoms with van der Waals surface area (Å²) in [6.07, 6.45) is 1.66. The average Bonchev–Trinajstić information content (AvgIpc) is 3.27. The number of aromatic amines is 1. The number of nitrogens with zero attached hydrogens (tertiary/aromatic N) is 3. The Morgan fingerprint density at radius 1 is 1.18 bits per heavy atom. The molecule has 1 aliphatic heterocycles. The van der Waals surface area contributed by atoms with Crippen LogP contribution in [0.2, 0.25) is 0 Å². The maximum absolute atomic E-state index is 12.4. The molecule has 8 nitrogen and oxygen atoms in total. The lowest BCUT2D eigenvalue weighted by molar-refractivity contribution is 0.0998. The zero-order chi connectivity index (χ0) is 19.5. The number of benzene rings is 1. The molecule has 2 aromatic heterocycles. The van der Waals surface area contributed by atoms with Crippen LogP contribution in [0.4, 0.5) is 5.82 Å². The number of H-pyrrole nitrogens is 1. The van der Waals surface area contributed by atoms with Crippen molar-refractivity contribution in [1.29, 1.82) is 0 Å². The first-order valence-corrected chi connectivity index (χ1v) is 9.13. The standard InChI is InChI=1S/C20H22N6O2/c1-28-18-15(14-7-8-23-25-14)20(26-11-9-22-10-12-26)24-17(16(18)19(21)27)13-5-3-2-4-6-13/h2-8,22H,9-12H2,1H3,(H2,21,27)(H,23,25). The number of pyridine rings is 1. The summed E-state index contributed by atoms with van der Waals surface area (Å²) in [7, 11) is 1.54. The molecule has 0 saturated carbocycles. The van der Waals surface area contributed by atoms with Crippen molar-refractivity contribution in [3.63, 3.8) is 0 Å². The van der Waals surface area contributed by atoms with Gasteiger partial charge < -0.3 is 20.7 Å². The maximum atomic E-state index is 12.4. The number of carbonyl (C=O) groups excluding carboxylic acids is 1. The molecule has 0 spiro atoms. The van der Waals surface area contributed by atoms with Crippen molar-refractivity contribution in [2.24, 2.45) is 5.73 Å². The number of carbonyl (C=O) groups is 1. The number of ether oxygens (including phenoxy) is 1. The SMILES string of the molecule is COc1c(C(N)=O)c(-c2ccccc2)nc(N2CCNCC2)c1-c1ccn[nH]1.